The van der Waals surface area contributed by atoms with E-state index in [-0.39, 0.29) is 11.8 Å². The molecule has 0 radical (unpaired) electrons. The molecule has 0 spiro atoms. The summed E-state index contributed by atoms with van der Waals surface area (Å²) >= 11 is 0. The van der Waals surface area contributed by atoms with Crippen molar-refractivity contribution in [2.75, 3.05) is 10.6 Å². The van der Waals surface area contributed by atoms with E-state index in [1.165, 1.54) is 6.08 Å². The summed E-state index contributed by atoms with van der Waals surface area (Å²) in [5, 5.41) is 28.7. The Labute approximate surface area is 225 Å². The minimum atomic E-state index is 0.137. The molecule has 0 saturated heterocycles. The molecular formula is C29H23N9O. The molecule has 0 amide bonds. The SMILES string of the molecule is CC1=C(Nc2nc(Nc3ccc(C#N)cc3)ncc2-c2nc(-c3ccccn3)no2)C(C)CC(/C=C/C#N)=C1. The normalized spacial score (nSPS) is 15.0. The van der Waals surface area contributed by atoms with Crippen LogP contribution in [0, 0.1) is 28.6 Å². The fourth-order valence-corrected chi connectivity index (χ4v) is 4.25. The third-order valence-electron chi connectivity index (χ3n) is 6.10. The number of benzene rings is 1. The fourth-order valence-electron chi connectivity index (χ4n) is 4.25. The van der Waals surface area contributed by atoms with Gasteiger partial charge in [0, 0.05) is 35.8 Å². The summed E-state index contributed by atoms with van der Waals surface area (Å²) in [6.45, 7) is 4.13. The second-order valence-electron chi connectivity index (χ2n) is 8.92. The van der Waals surface area contributed by atoms with Crippen LogP contribution in [0.1, 0.15) is 25.8 Å². The molecule has 190 valence electrons. The lowest BCUT2D eigenvalue weighted by Crippen LogP contribution is -2.16. The van der Waals surface area contributed by atoms with Gasteiger partial charge in [0.2, 0.25) is 11.8 Å². The predicted molar refractivity (Wildman–Crippen MR) is 146 cm³/mol. The predicted octanol–water partition coefficient (Wildman–Crippen LogP) is 5.94. The monoisotopic (exact) mass is 513 g/mol. The lowest BCUT2D eigenvalue weighted by atomic mass is 9.88. The number of anilines is 3. The van der Waals surface area contributed by atoms with Crippen molar-refractivity contribution in [1.82, 2.24) is 25.1 Å². The summed E-state index contributed by atoms with van der Waals surface area (Å²) in [6.07, 6.45) is 9.43. The number of nitrogens with zero attached hydrogens (tertiary/aromatic N) is 7. The van der Waals surface area contributed by atoms with Gasteiger partial charge in [0.05, 0.1) is 17.7 Å². The molecule has 3 heterocycles. The van der Waals surface area contributed by atoms with Crippen LogP contribution >= 0.6 is 0 Å². The van der Waals surface area contributed by atoms with Crippen LogP contribution in [-0.2, 0) is 0 Å². The lowest BCUT2D eigenvalue weighted by Gasteiger charge is -2.25. The maximum absolute atomic E-state index is 9.07. The maximum Gasteiger partial charge on any atom is 0.263 e. The van der Waals surface area contributed by atoms with E-state index in [1.54, 1.807) is 42.7 Å². The van der Waals surface area contributed by atoms with Crippen LogP contribution < -0.4 is 10.6 Å². The molecule has 5 rings (SSSR count). The van der Waals surface area contributed by atoms with Crippen molar-refractivity contribution < 1.29 is 4.52 Å². The van der Waals surface area contributed by atoms with E-state index in [2.05, 4.69) is 49.8 Å². The molecule has 0 fully saturated rings. The molecule has 2 N–H and O–H groups in total. The van der Waals surface area contributed by atoms with Crippen LogP contribution in [-0.4, -0.2) is 25.1 Å². The molecule has 1 aliphatic rings. The number of hydrogen-bond donors (Lipinski definition) is 2. The van der Waals surface area contributed by atoms with Crippen molar-refractivity contribution in [3.05, 3.63) is 95.5 Å². The average molecular weight is 514 g/mol. The summed E-state index contributed by atoms with van der Waals surface area (Å²) in [5.74, 6) is 1.58. The molecule has 1 unspecified atom stereocenters. The second-order valence-corrected chi connectivity index (χ2v) is 8.92. The number of nitrogens with one attached hydrogen (secondary N) is 2. The molecule has 1 atom stereocenters. The lowest BCUT2D eigenvalue weighted by molar-refractivity contribution is 0.432. The third-order valence-corrected chi connectivity index (χ3v) is 6.10. The summed E-state index contributed by atoms with van der Waals surface area (Å²) in [5.41, 5.74) is 5.50. The molecule has 0 saturated carbocycles. The van der Waals surface area contributed by atoms with Crippen LogP contribution in [0.3, 0.4) is 0 Å². The van der Waals surface area contributed by atoms with Crippen LogP contribution in [0.4, 0.5) is 17.5 Å². The zero-order valence-electron chi connectivity index (χ0n) is 21.3. The van der Waals surface area contributed by atoms with Gasteiger partial charge in [-0.15, -0.1) is 0 Å². The summed E-state index contributed by atoms with van der Waals surface area (Å²) in [7, 11) is 0. The highest BCUT2D eigenvalue weighted by Gasteiger charge is 2.23. The Bertz CT molecular complexity index is 1670. The number of allylic oxidation sites excluding steroid dienone is 6. The summed E-state index contributed by atoms with van der Waals surface area (Å²) in [6, 6.07) is 16.6. The zero-order valence-corrected chi connectivity index (χ0v) is 21.3. The Balaban J connectivity index is 1.53. The van der Waals surface area contributed by atoms with Crippen molar-refractivity contribution in [2.45, 2.75) is 20.3 Å². The topological polar surface area (TPSA) is 149 Å². The van der Waals surface area contributed by atoms with Crippen LogP contribution in [0.2, 0.25) is 0 Å². The first-order valence-corrected chi connectivity index (χ1v) is 12.2. The third kappa shape index (κ3) is 5.71. The van der Waals surface area contributed by atoms with Crippen LogP contribution in [0.25, 0.3) is 23.0 Å². The number of hydrogen-bond acceptors (Lipinski definition) is 10. The van der Waals surface area contributed by atoms with Crippen molar-refractivity contribution in [1.29, 1.82) is 10.5 Å². The Morgan fingerprint density at radius 1 is 1.05 bits per heavy atom. The first kappa shape index (κ1) is 25.1. The zero-order chi connectivity index (χ0) is 27.2. The van der Waals surface area contributed by atoms with E-state index in [1.807, 2.05) is 31.2 Å². The summed E-state index contributed by atoms with van der Waals surface area (Å²) in [4.78, 5) is 18.1. The number of rotatable bonds is 7. The minimum absolute atomic E-state index is 0.137. The van der Waals surface area contributed by atoms with Gasteiger partial charge < -0.3 is 15.2 Å². The Hall–Kier alpha value is -5.61. The smallest absolute Gasteiger partial charge is 0.263 e. The van der Waals surface area contributed by atoms with Gasteiger partial charge in [-0.2, -0.15) is 20.5 Å². The molecule has 4 aromatic rings. The average Bonchev–Trinajstić information content (AvgIpc) is 3.45. The van der Waals surface area contributed by atoms with Crippen molar-refractivity contribution in [3.8, 4) is 35.1 Å². The maximum atomic E-state index is 9.07. The minimum Gasteiger partial charge on any atom is -0.342 e. The van der Waals surface area contributed by atoms with Gasteiger partial charge in [0.1, 0.15) is 17.1 Å². The summed E-state index contributed by atoms with van der Waals surface area (Å²) < 4.78 is 5.59. The largest absolute Gasteiger partial charge is 0.342 e. The molecule has 10 nitrogen and oxygen atoms in total. The van der Waals surface area contributed by atoms with Gasteiger partial charge >= 0.3 is 0 Å². The fraction of sp³-hybridized carbons (Fsp3) is 0.138. The van der Waals surface area contributed by atoms with E-state index in [0.717, 1.165) is 29.0 Å². The molecule has 1 aromatic carbocycles. The van der Waals surface area contributed by atoms with Crippen LogP contribution in [0.5, 0.6) is 0 Å². The first-order valence-electron chi connectivity index (χ1n) is 12.2. The molecule has 0 aliphatic heterocycles. The molecule has 0 bridgehead atoms. The van der Waals surface area contributed by atoms with Gasteiger partial charge in [-0.05, 0) is 67.0 Å². The molecular weight excluding hydrogens is 490 g/mol. The van der Waals surface area contributed by atoms with Crippen molar-refractivity contribution >= 4 is 17.5 Å². The van der Waals surface area contributed by atoms with Gasteiger partial charge in [-0.25, -0.2) is 4.98 Å². The highest BCUT2D eigenvalue weighted by Crippen LogP contribution is 2.34. The molecule has 3 aromatic heterocycles. The van der Waals surface area contributed by atoms with Crippen LogP contribution in [0.15, 0.2) is 94.5 Å². The Kier molecular flexibility index (Phi) is 7.19. The van der Waals surface area contributed by atoms with Gasteiger partial charge in [0.15, 0.2) is 0 Å². The number of pyridine rings is 1. The highest BCUT2D eigenvalue weighted by molar-refractivity contribution is 5.73. The van der Waals surface area contributed by atoms with E-state index in [4.69, 9.17) is 20.0 Å². The van der Waals surface area contributed by atoms with E-state index >= 15 is 0 Å². The number of aromatic nitrogens is 5. The Morgan fingerprint density at radius 3 is 2.62 bits per heavy atom. The second kappa shape index (κ2) is 11.2. The number of nitriles is 2. The Morgan fingerprint density at radius 2 is 1.90 bits per heavy atom. The molecule has 10 heteroatoms. The van der Waals surface area contributed by atoms with Gasteiger partial charge in [-0.3, -0.25) is 4.98 Å². The van der Waals surface area contributed by atoms with E-state index in [0.29, 0.717) is 34.4 Å². The molecule has 39 heavy (non-hydrogen) atoms. The van der Waals surface area contributed by atoms with Crippen molar-refractivity contribution in [2.24, 2.45) is 5.92 Å². The van der Waals surface area contributed by atoms with Crippen molar-refractivity contribution in [3.63, 3.8) is 0 Å². The quantitative estimate of drug-likeness (QED) is 0.284. The highest BCUT2D eigenvalue weighted by atomic mass is 16.5. The van der Waals surface area contributed by atoms with Gasteiger partial charge in [-0.1, -0.05) is 24.2 Å². The molecule has 1 aliphatic carbocycles. The van der Waals surface area contributed by atoms with E-state index < -0.39 is 0 Å². The first-order chi connectivity index (χ1) is 19.0. The van der Waals surface area contributed by atoms with Gasteiger partial charge in [0.25, 0.3) is 5.89 Å². The van der Waals surface area contributed by atoms with E-state index in [9.17, 15) is 0 Å². The standard InChI is InChI=1S/C29H23N9O/c1-18-14-21(6-5-12-30)15-19(2)25(18)35-26-23(28-36-27(38-39-28)24-7-3-4-13-32-24)17-33-29(37-26)34-22-10-8-20(16-31)9-11-22/h3-11,13-14,17,19H,15H2,1-2H3,(H2,33,34,35,37)/b6-5+.